The zero-order chi connectivity index (χ0) is 13.2. The number of benzene rings is 1. The lowest BCUT2D eigenvalue weighted by Gasteiger charge is -2.30. The minimum Gasteiger partial charge on any atom is -0.382 e. The van der Waals surface area contributed by atoms with Crippen LogP contribution in [0.4, 0.5) is 5.69 Å². The van der Waals surface area contributed by atoms with Crippen LogP contribution in [-0.2, 0) is 5.41 Å². The SMILES string of the molecule is CC1CCCCC1Nc1ccc(C(C)(C)C)cc1. The summed E-state index contributed by atoms with van der Waals surface area (Å²) in [6, 6.07) is 9.66. The predicted molar refractivity (Wildman–Crippen MR) is 80.2 cm³/mol. The van der Waals surface area contributed by atoms with Crippen LogP contribution in [0.15, 0.2) is 24.3 Å². The van der Waals surface area contributed by atoms with Gasteiger partial charge in [-0.1, -0.05) is 52.7 Å². The molecule has 1 saturated carbocycles. The van der Waals surface area contributed by atoms with E-state index in [2.05, 4.69) is 57.3 Å². The summed E-state index contributed by atoms with van der Waals surface area (Å²) in [5.41, 5.74) is 2.93. The Hall–Kier alpha value is -0.980. The van der Waals surface area contributed by atoms with Crippen molar-refractivity contribution < 1.29 is 0 Å². The Morgan fingerprint density at radius 2 is 1.61 bits per heavy atom. The molecule has 1 fully saturated rings. The highest BCUT2D eigenvalue weighted by atomic mass is 14.9. The monoisotopic (exact) mass is 245 g/mol. The molecular weight excluding hydrogens is 218 g/mol. The van der Waals surface area contributed by atoms with Crippen molar-refractivity contribution >= 4 is 5.69 Å². The smallest absolute Gasteiger partial charge is 0.0342 e. The lowest BCUT2D eigenvalue weighted by atomic mass is 9.85. The molecule has 18 heavy (non-hydrogen) atoms. The maximum absolute atomic E-state index is 3.71. The van der Waals surface area contributed by atoms with E-state index in [1.165, 1.54) is 36.9 Å². The summed E-state index contributed by atoms with van der Waals surface area (Å²) in [4.78, 5) is 0. The second-order valence-electron chi connectivity index (χ2n) is 6.84. The minimum atomic E-state index is 0.247. The first kappa shape index (κ1) is 13.5. The summed E-state index contributed by atoms with van der Waals surface area (Å²) in [5, 5.41) is 3.71. The van der Waals surface area contributed by atoms with E-state index < -0.39 is 0 Å². The third-order valence-electron chi connectivity index (χ3n) is 4.21. The first-order valence-electron chi connectivity index (χ1n) is 7.34. The van der Waals surface area contributed by atoms with E-state index in [0.717, 1.165) is 5.92 Å². The molecule has 1 aliphatic carbocycles. The lowest BCUT2D eigenvalue weighted by molar-refractivity contribution is 0.349. The van der Waals surface area contributed by atoms with Gasteiger partial charge in [0.05, 0.1) is 0 Å². The maximum atomic E-state index is 3.71. The molecule has 0 radical (unpaired) electrons. The van der Waals surface area contributed by atoms with Gasteiger partial charge in [0.1, 0.15) is 0 Å². The fourth-order valence-electron chi connectivity index (χ4n) is 2.81. The fraction of sp³-hybridized carbons (Fsp3) is 0.647. The summed E-state index contributed by atoms with van der Waals surface area (Å²) in [6.07, 6.45) is 5.48. The van der Waals surface area contributed by atoms with Crippen LogP contribution in [0.5, 0.6) is 0 Å². The molecule has 0 aliphatic heterocycles. The summed E-state index contributed by atoms with van der Waals surface area (Å²) in [6.45, 7) is 9.16. The standard InChI is InChI=1S/C17H27N/c1-13-7-5-6-8-16(13)18-15-11-9-14(10-12-15)17(2,3)4/h9-13,16,18H,5-8H2,1-4H3. The van der Waals surface area contributed by atoms with Crippen LogP contribution in [-0.4, -0.2) is 6.04 Å². The molecule has 0 spiro atoms. The first-order valence-corrected chi connectivity index (χ1v) is 7.34. The van der Waals surface area contributed by atoms with E-state index in [1.54, 1.807) is 0 Å². The van der Waals surface area contributed by atoms with Crippen LogP contribution in [0.1, 0.15) is 58.9 Å². The molecule has 2 unspecified atom stereocenters. The molecule has 0 bridgehead atoms. The highest BCUT2D eigenvalue weighted by Gasteiger charge is 2.21. The van der Waals surface area contributed by atoms with Gasteiger partial charge in [-0.2, -0.15) is 0 Å². The third kappa shape index (κ3) is 3.28. The Kier molecular flexibility index (Phi) is 3.99. The zero-order valence-corrected chi connectivity index (χ0v) is 12.3. The van der Waals surface area contributed by atoms with Crippen molar-refractivity contribution in [2.75, 3.05) is 5.32 Å². The van der Waals surface area contributed by atoms with Crippen LogP contribution < -0.4 is 5.32 Å². The van der Waals surface area contributed by atoms with E-state index in [1.807, 2.05) is 0 Å². The van der Waals surface area contributed by atoms with Crippen molar-refractivity contribution in [2.45, 2.75) is 64.8 Å². The molecule has 1 N–H and O–H groups in total. The van der Waals surface area contributed by atoms with Crippen molar-refractivity contribution in [2.24, 2.45) is 5.92 Å². The van der Waals surface area contributed by atoms with Gasteiger partial charge in [-0.3, -0.25) is 0 Å². The third-order valence-corrected chi connectivity index (χ3v) is 4.21. The molecule has 1 aromatic carbocycles. The minimum absolute atomic E-state index is 0.247. The second-order valence-corrected chi connectivity index (χ2v) is 6.84. The predicted octanol–water partition coefficient (Wildman–Crippen LogP) is 4.97. The van der Waals surface area contributed by atoms with Crippen LogP contribution in [0.25, 0.3) is 0 Å². The molecule has 1 aliphatic rings. The Morgan fingerprint density at radius 3 is 2.17 bits per heavy atom. The molecule has 0 saturated heterocycles. The van der Waals surface area contributed by atoms with Crippen LogP contribution in [0, 0.1) is 5.92 Å². The molecule has 0 heterocycles. The van der Waals surface area contributed by atoms with Crippen LogP contribution >= 0.6 is 0 Å². The molecule has 1 heteroatoms. The van der Waals surface area contributed by atoms with Gasteiger partial charge < -0.3 is 5.32 Å². The molecule has 2 atom stereocenters. The lowest BCUT2D eigenvalue weighted by Crippen LogP contribution is -2.30. The highest BCUT2D eigenvalue weighted by Crippen LogP contribution is 2.28. The Labute approximate surface area is 112 Å². The van der Waals surface area contributed by atoms with Crippen molar-refractivity contribution in [1.82, 2.24) is 0 Å². The van der Waals surface area contributed by atoms with E-state index in [-0.39, 0.29) is 5.41 Å². The molecular formula is C17H27N. The maximum Gasteiger partial charge on any atom is 0.0342 e. The van der Waals surface area contributed by atoms with Gasteiger partial charge >= 0.3 is 0 Å². The average molecular weight is 245 g/mol. The van der Waals surface area contributed by atoms with Gasteiger partial charge in [-0.15, -0.1) is 0 Å². The van der Waals surface area contributed by atoms with Gasteiger partial charge in [0.2, 0.25) is 0 Å². The Balaban J connectivity index is 2.02. The number of anilines is 1. The molecule has 0 amide bonds. The topological polar surface area (TPSA) is 12.0 Å². The Morgan fingerprint density at radius 1 is 1.00 bits per heavy atom. The first-order chi connectivity index (χ1) is 8.47. The van der Waals surface area contributed by atoms with Gasteiger partial charge in [-0.05, 0) is 41.9 Å². The zero-order valence-electron chi connectivity index (χ0n) is 12.3. The fourth-order valence-corrected chi connectivity index (χ4v) is 2.81. The largest absolute Gasteiger partial charge is 0.382 e. The molecule has 1 aromatic rings. The van der Waals surface area contributed by atoms with Gasteiger partial charge in [-0.25, -0.2) is 0 Å². The van der Waals surface area contributed by atoms with Crippen LogP contribution in [0.3, 0.4) is 0 Å². The van der Waals surface area contributed by atoms with Crippen LogP contribution in [0.2, 0.25) is 0 Å². The van der Waals surface area contributed by atoms with Crippen molar-refractivity contribution in [3.8, 4) is 0 Å². The van der Waals surface area contributed by atoms with Gasteiger partial charge in [0.15, 0.2) is 0 Å². The van der Waals surface area contributed by atoms with Crippen molar-refractivity contribution in [3.05, 3.63) is 29.8 Å². The van der Waals surface area contributed by atoms with E-state index in [9.17, 15) is 0 Å². The average Bonchev–Trinajstić information content (AvgIpc) is 2.32. The van der Waals surface area contributed by atoms with E-state index in [0.29, 0.717) is 6.04 Å². The quantitative estimate of drug-likeness (QED) is 0.775. The Bertz CT molecular complexity index is 372. The van der Waals surface area contributed by atoms with E-state index in [4.69, 9.17) is 0 Å². The van der Waals surface area contributed by atoms with Gasteiger partial charge in [0.25, 0.3) is 0 Å². The number of hydrogen-bond donors (Lipinski definition) is 1. The number of rotatable bonds is 2. The summed E-state index contributed by atoms with van der Waals surface area (Å²) < 4.78 is 0. The molecule has 2 rings (SSSR count). The second kappa shape index (κ2) is 5.34. The number of hydrogen-bond acceptors (Lipinski definition) is 1. The molecule has 1 nitrogen and oxygen atoms in total. The highest BCUT2D eigenvalue weighted by molar-refractivity contribution is 5.46. The summed E-state index contributed by atoms with van der Waals surface area (Å²) in [7, 11) is 0. The van der Waals surface area contributed by atoms with Gasteiger partial charge in [0, 0.05) is 11.7 Å². The number of nitrogens with one attached hydrogen (secondary N) is 1. The van der Waals surface area contributed by atoms with E-state index >= 15 is 0 Å². The van der Waals surface area contributed by atoms with Crippen molar-refractivity contribution in [1.29, 1.82) is 0 Å². The summed E-state index contributed by atoms with van der Waals surface area (Å²) in [5.74, 6) is 0.807. The molecule has 0 aromatic heterocycles. The molecule has 100 valence electrons. The van der Waals surface area contributed by atoms with Crippen molar-refractivity contribution in [3.63, 3.8) is 0 Å². The summed E-state index contributed by atoms with van der Waals surface area (Å²) >= 11 is 0. The normalized spacial score (nSPS) is 24.9.